The number of aromatic hydroxyl groups is 1. The molecule has 0 radical (unpaired) electrons. The molecule has 0 aliphatic heterocycles. The number of amides is 4. The number of para-hydroxylation sites is 1. The Labute approximate surface area is 246 Å². The molecule has 10 N–H and O–H groups in total. The Morgan fingerprint density at radius 3 is 2.12 bits per heavy atom. The number of rotatable bonds is 15. The van der Waals surface area contributed by atoms with Crippen LogP contribution >= 0.6 is 12.6 Å². The van der Waals surface area contributed by atoms with Crippen LogP contribution in [0.5, 0.6) is 5.75 Å². The van der Waals surface area contributed by atoms with Crippen LogP contribution in [-0.2, 0) is 36.8 Å². The molecule has 0 fully saturated rings. The van der Waals surface area contributed by atoms with Crippen LogP contribution in [0.15, 0.2) is 54.7 Å². The van der Waals surface area contributed by atoms with Crippen LogP contribution < -0.4 is 27.4 Å². The van der Waals surface area contributed by atoms with Gasteiger partial charge in [-0.15, -0.1) is 0 Å². The minimum absolute atomic E-state index is 0.0464. The van der Waals surface area contributed by atoms with Crippen molar-refractivity contribution in [2.24, 2.45) is 11.5 Å². The van der Waals surface area contributed by atoms with Gasteiger partial charge in [-0.2, -0.15) is 12.6 Å². The van der Waals surface area contributed by atoms with Crippen molar-refractivity contribution >= 4 is 53.1 Å². The number of hydrogen-bond acceptors (Lipinski definition) is 8. The molecule has 3 rings (SSSR count). The summed E-state index contributed by atoms with van der Waals surface area (Å²) in [4.78, 5) is 65.2. The summed E-state index contributed by atoms with van der Waals surface area (Å²) in [6.45, 7) is 0. The minimum atomic E-state index is -1.41. The lowest BCUT2D eigenvalue weighted by atomic mass is 10.0. The van der Waals surface area contributed by atoms with Gasteiger partial charge in [0, 0.05) is 35.7 Å². The van der Waals surface area contributed by atoms with Gasteiger partial charge in [-0.3, -0.25) is 19.2 Å². The fraction of sp³-hybridized carbons (Fsp3) is 0.321. The number of aliphatic carboxylic acids is 1. The van der Waals surface area contributed by atoms with Gasteiger partial charge in [0.15, 0.2) is 0 Å². The molecule has 4 unspecified atom stereocenters. The second-order valence-corrected chi connectivity index (χ2v) is 10.1. The van der Waals surface area contributed by atoms with Gasteiger partial charge >= 0.3 is 5.97 Å². The number of phenols is 1. The molecule has 0 spiro atoms. The summed E-state index contributed by atoms with van der Waals surface area (Å²) >= 11 is 4.13. The Bertz CT molecular complexity index is 1430. The van der Waals surface area contributed by atoms with Crippen LogP contribution in [0.4, 0.5) is 0 Å². The van der Waals surface area contributed by atoms with Gasteiger partial charge in [0.05, 0.1) is 6.04 Å². The molecule has 13 nitrogen and oxygen atoms in total. The average Bonchev–Trinajstić information content (AvgIpc) is 3.36. The van der Waals surface area contributed by atoms with Crippen molar-refractivity contribution in [3.8, 4) is 5.75 Å². The summed E-state index contributed by atoms with van der Waals surface area (Å²) in [5.41, 5.74) is 13.5. The first-order valence-corrected chi connectivity index (χ1v) is 13.7. The van der Waals surface area contributed by atoms with Crippen LogP contribution in [0, 0.1) is 0 Å². The third kappa shape index (κ3) is 8.97. The average molecular weight is 599 g/mol. The number of carboxylic acid groups (broad SMARTS) is 1. The number of phenolic OH excluding ortho intramolecular Hbond substituents is 1. The van der Waals surface area contributed by atoms with E-state index in [1.165, 1.54) is 12.1 Å². The number of carbonyl (C=O) groups excluding carboxylic acids is 4. The number of aromatic amines is 1. The van der Waals surface area contributed by atoms with E-state index in [1.54, 1.807) is 18.3 Å². The van der Waals surface area contributed by atoms with E-state index >= 15 is 0 Å². The van der Waals surface area contributed by atoms with Crippen LogP contribution in [0.2, 0.25) is 0 Å². The summed E-state index contributed by atoms with van der Waals surface area (Å²) in [5, 5.41) is 27.2. The molecular formula is C28H34N6O7S. The first-order valence-electron chi connectivity index (χ1n) is 13.1. The number of H-pyrrole nitrogens is 1. The molecule has 0 saturated carbocycles. The topological polar surface area (TPSA) is 230 Å². The first-order chi connectivity index (χ1) is 20.0. The van der Waals surface area contributed by atoms with E-state index in [4.69, 9.17) is 11.5 Å². The number of benzene rings is 2. The highest BCUT2D eigenvalue weighted by Crippen LogP contribution is 2.19. The fourth-order valence-electron chi connectivity index (χ4n) is 4.27. The first kappa shape index (κ1) is 32.0. The third-order valence-electron chi connectivity index (χ3n) is 6.57. The molecule has 4 atom stereocenters. The molecule has 2 aromatic carbocycles. The fourth-order valence-corrected chi connectivity index (χ4v) is 4.53. The van der Waals surface area contributed by atoms with E-state index < -0.39 is 53.8 Å². The van der Waals surface area contributed by atoms with E-state index in [1.807, 2.05) is 24.3 Å². The standard InChI is InChI=1S/C28H34N6O7S/c29-19(11-15-5-7-17(35)8-6-15)25(37)33-22(12-16-13-31-20-4-2-1-3-18(16)20)26(38)34-23(14-42)27(39)32-21(28(40)41)9-10-24(30)36/h1-8,13,19,21-23,31,35,42H,9-12,14,29H2,(H2,30,36)(H,32,39)(H,33,37)(H,34,38)(H,40,41). The van der Waals surface area contributed by atoms with E-state index in [2.05, 4.69) is 33.6 Å². The number of thiol groups is 1. The van der Waals surface area contributed by atoms with E-state index in [0.717, 1.165) is 16.5 Å². The number of carboxylic acids is 1. The zero-order valence-corrected chi connectivity index (χ0v) is 23.5. The molecule has 14 heteroatoms. The lowest BCUT2D eigenvalue weighted by Gasteiger charge is -2.24. The monoisotopic (exact) mass is 598 g/mol. The number of aromatic nitrogens is 1. The van der Waals surface area contributed by atoms with Crippen molar-refractivity contribution < 1.29 is 34.2 Å². The largest absolute Gasteiger partial charge is 0.508 e. The second kappa shape index (κ2) is 14.9. The van der Waals surface area contributed by atoms with Crippen molar-refractivity contribution in [1.82, 2.24) is 20.9 Å². The summed E-state index contributed by atoms with van der Waals surface area (Å²) < 4.78 is 0. The van der Waals surface area contributed by atoms with Gasteiger partial charge in [-0.25, -0.2) is 4.79 Å². The van der Waals surface area contributed by atoms with Crippen molar-refractivity contribution in [3.63, 3.8) is 0 Å². The molecular weight excluding hydrogens is 564 g/mol. The Morgan fingerprint density at radius 2 is 1.48 bits per heavy atom. The lowest BCUT2D eigenvalue weighted by Crippen LogP contribution is -2.58. The predicted molar refractivity (Wildman–Crippen MR) is 157 cm³/mol. The number of nitrogens with two attached hydrogens (primary N) is 2. The van der Waals surface area contributed by atoms with Gasteiger partial charge < -0.3 is 42.6 Å². The number of nitrogens with one attached hydrogen (secondary N) is 4. The predicted octanol–water partition coefficient (Wildman–Crippen LogP) is -0.280. The maximum atomic E-state index is 13.5. The Morgan fingerprint density at radius 1 is 0.857 bits per heavy atom. The second-order valence-electron chi connectivity index (χ2n) is 9.75. The Kier molecular flexibility index (Phi) is 11.3. The summed E-state index contributed by atoms with van der Waals surface area (Å²) in [6, 6.07) is 8.73. The summed E-state index contributed by atoms with van der Waals surface area (Å²) in [6.07, 6.45) is 1.40. The van der Waals surface area contributed by atoms with Crippen LogP contribution in [-0.4, -0.2) is 74.7 Å². The quantitative estimate of drug-likeness (QED) is 0.105. The summed E-state index contributed by atoms with van der Waals surface area (Å²) in [5.74, 6) is -4.40. The highest BCUT2D eigenvalue weighted by molar-refractivity contribution is 7.80. The molecule has 3 aromatic rings. The molecule has 1 heterocycles. The van der Waals surface area contributed by atoms with Crippen LogP contribution in [0.1, 0.15) is 24.0 Å². The third-order valence-corrected chi connectivity index (χ3v) is 6.94. The molecule has 0 aliphatic carbocycles. The normalized spacial score (nSPS) is 13.9. The van der Waals surface area contributed by atoms with Crippen molar-refractivity contribution in [1.29, 1.82) is 0 Å². The summed E-state index contributed by atoms with van der Waals surface area (Å²) in [7, 11) is 0. The minimum Gasteiger partial charge on any atom is -0.508 e. The molecule has 42 heavy (non-hydrogen) atoms. The van der Waals surface area contributed by atoms with Gasteiger partial charge in [-0.05, 0) is 42.2 Å². The van der Waals surface area contributed by atoms with Gasteiger partial charge in [-0.1, -0.05) is 30.3 Å². The maximum Gasteiger partial charge on any atom is 0.326 e. The van der Waals surface area contributed by atoms with Crippen molar-refractivity contribution in [2.75, 3.05) is 5.75 Å². The van der Waals surface area contributed by atoms with E-state index in [0.29, 0.717) is 5.56 Å². The smallest absolute Gasteiger partial charge is 0.326 e. The molecule has 224 valence electrons. The molecule has 4 amide bonds. The van der Waals surface area contributed by atoms with Gasteiger partial charge in [0.25, 0.3) is 0 Å². The zero-order valence-electron chi connectivity index (χ0n) is 22.6. The number of primary amides is 1. The molecule has 0 saturated heterocycles. The van der Waals surface area contributed by atoms with Gasteiger partial charge in [0.1, 0.15) is 23.9 Å². The Hall–Kier alpha value is -4.56. The molecule has 0 aliphatic rings. The SMILES string of the molecule is NC(=O)CCC(NC(=O)C(CS)NC(=O)C(Cc1c[nH]c2ccccc12)NC(=O)C(N)Cc1ccc(O)cc1)C(=O)O. The van der Waals surface area contributed by atoms with Crippen LogP contribution in [0.3, 0.4) is 0 Å². The van der Waals surface area contributed by atoms with Gasteiger partial charge in [0.2, 0.25) is 23.6 Å². The lowest BCUT2D eigenvalue weighted by molar-refractivity contribution is -0.142. The van der Waals surface area contributed by atoms with Crippen molar-refractivity contribution in [2.45, 2.75) is 49.9 Å². The van der Waals surface area contributed by atoms with E-state index in [9.17, 15) is 34.2 Å². The highest BCUT2D eigenvalue weighted by atomic mass is 32.1. The highest BCUT2D eigenvalue weighted by Gasteiger charge is 2.30. The van der Waals surface area contributed by atoms with Crippen molar-refractivity contribution in [3.05, 3.63) is 65.9 Å². The number of carbonyl (C=O) groups is 5. The molecule has 1 aromatic heterocycles. The zero-order chi connectivity index (χ0) is 30.8. The molecule has 0 bridgehead atoms. The number of fused-ring (bicyclic) bond motifs is 1. The van der Waals surface area contributed by atoms with E-state index in [-0.39, 0.29) is 37.2 Å². The Balaban J connectivity index is 1.77. The maximum absolute atomic E-state index is 13.5. The van der Waals surface area contributed by atoms with Crippen LogP contribution in [0.25, 0.3) is 10.9 Å². The number of hydrogen-bond donors (Lipinski definition) is 9.